The first-order valence-electron chi connectivity index (χ1n) is 6.42. The maximum Gasteiger partial charge on any atom is 0.163 e. The van der Waals surface area contributed by atoms with Gasteiger partial charge in [0.25, 0.3) is 0 Å². The number of benzene rings is 2. The molecule has 2 rings (SSSR count). The lowest BCUT2D eigenvalue weighted by Crippen LogP contribution is -1.98. The Morgan fingerprint density at radius 1 is 1.19 bits per heavy atom. The van der Waals surface area contributed by atoms with Gasteiger partial charge in [0.05, 0.1) is 17.2 Å². The van der Waals surface area contributed by atoms with Crippen LogP contribution in [0.15, 0.2) is 34.8 Å². The molecular weight excluding hydrogens is 330 g/mol. The van der Waals surface area contributed by atoms with Crippen molar-refractivity contribution < 1.29 is 9.53 Å². The fraction of sp³-hybridized carbons (Fsp3) is 0.176. The summed E-state index contributed by atoms with van der Waals surface area (Å²) in [6.07, 6.45) is 0. The smallest absolute Gasteiger partial charge is 0.163 e. The quantitative estimate of drug-likeness (QED) is 0.742. The van der Waals surface area contributed by atoms with Crippen molar-refractivity contribution in [3.63, 3.8) is 0 Å². The molecular formula is C17H14BrNO2. The molecule has 2 aromatic rings. The highest BCUT2D eigenvalue weighted by molar-refractivity contribution is 9.10. The van der Waals surface area contributed by atoms with Gasteiger partial charge in [0.2, 0.25) is 0 Å². The molecule has 4 heteroatoms. The summed E-state index contributed by atoms with van der Waals surface area (Å²) in [5.41, 5.74) is 3.02. The number of nitriles is 1. The van der Waals surface area contributed by atoms with E-state index in [1.165, 1.54) is 6.92 Å². The number of hydrogen-bond donors (Lipinski definition) is 0. The first-order chi connectivity index (χ1) is 9.92. The molecule has 106 valence electrons. The molecule has 0 unspecified atom stereocenters. The van der Waals surface area contributed by atoms with E-state index >= 15 is 0 Å². The zero-order valence-electron chi connectivity index (χ0n) is 12.0. The van der Waals surface area contributed by atoms with Crippen molar-refractivity contribution in [3.8, 4) is 17.6 Å². The van der Waals surface area contributed by atoms with Crippen LogP contribution < -0.4 is 4.74 Å². The third-order valence-electron chi connectivity index (χ3n) is 3.13. The van der Waals surface area contributed by atoms with Crippen LogP contribution in [0.1, 0.15) is 34.0 Å². The number of hydrogen-bond acceptors (Lipinski definition) is 3. The summed E-state index contributed by atoms with van der Waals surface area (Å²) >= 11 is 3.51. The van der Waals surface area contributed by atoms with Gasteiger partial charge in [-0.3, -0.25) is 4.79 Å². The second-order valence-corrected chi connectivity index (χ2v) is 5.65. The highest BCUT2D eigenvalue weighted by atomic mass is 79.9. The van der Waals surface area contributed by atoms with Gasteiger partial charge in [0.1, 0.15) is 11.5 Å². The molecule has 0 atom stereocenters. The number of halogens is 1. The number of ketones is 1. The zero-order valence-corrected chi connectivity index (χ0v) is 13.6. The number of carbonyl (C=O) groups excluding carboxylic acids is 1. The molecule has 0 bridgehead atoms. The second kappa shape index (κ2) is 6.11. The van der Waals surface area contributed by atoms with E-state index in [1.54, 1.807) is 18.2 Å². The lowest BCUT2D eigenvalue weighted by atomic mass is 10.1. The molecule has 0 aliphatic carbocycles. The molecule has 0 amide bonds. The van der Waals surface area contributed by atoms with Crippen LogP contribution in [-0.4, -0.2) is 5.78 Å². The Morgan fingerprint density at radius 2 is 1.81 bits per heavy atom. The van der Waals surface area contributed by atoms with Crippen molar-refractivity contribution in [2.24, 2.45) is 0 Å². The summed E-state index contributed by atoms with van der Waals surface area (Å²) < 4.78 is 6.87. The molecule has 0 saturated carbocycles. The Balaban J connectivity index is 2.48. The van der Waals surface area contributed by atoms with Gasteiger partial charge in [-0.25, -0.2) is 0 Å². The van der Waals surface area contributed by atoms with Crippen LogP contribution in [-0.2, 0) is 0 Å². The zero-order chi connectivity index (χ0) is 15.6. The fourth-order valence-electron chi connectivity index (χ4n) is 2.06. The van der Waals surface area contributed by atoms with Gasteiger partial charge in [-0.15, -0.1) is 0 Å². The molecule has 0 N–H and O–H groups in total. The summed E-state index contributed by atoms with van der Waals surface area (Å²) in [6, 6.07) is 10.6. The Hall–Kier alpha value is -2.12. The lowest BCUT2D eigenvalue weighted by Gasteiger charge is -2.12. The minimum absolute atomic E-state index is 0.0972. The molecule has 0 heterocycles. The third-order valence-corrected chi connectivity index (χ3v) is 4.38. The standard InChI is InChI=1S/C17H14BrNO2/c1-10-6-14(7-11(2)17(10)18)21-16-8-13(9-19)4-5-15(16)12(3)20/h4-8H,1-3H3. The lowest BCUT2D eigenvalue weighted by molar-refractivity contribution is 0.101. The maximum absolute atomic E-state index is 11.7. The highest BCUT2D eigenvalue weighted by Crippen LogP contribution is 2.31. The van der Waals surface area contributed by atoms with Crippen LogP contribution in [0.5, 0.6) is 11.5 Å². The van der Waals surface area contributed by atoms with Crippen molar-refractivity contribution in [2.75, 3.05) is 0 Å². The summed E-state index contributed by atoms with van der Waals surface area (Å²) in [7, 11) is 0. The van der Waals surface area contributed by atoms with Gasteiger partial charge in [-0.2, -0.15) is 5.26 Å². The largest absolute Gasteiger partial charge is 0.457 e. The molecule has 3 nitrogen and oxygen atoms in total. The first-order valence-corrected chi connectivity index (χ1v) is 7.21. The predicted molar refractivity (Wildman–Crippen MR) is 84.9 cm³/mol. The van der Waals surface area contributed by atoms with Gasteiger partial charge >= 0.3 is 0 Å². The maximum atomic E-state index is 11.7. The Kier molecular flexibility index (Phi) is 4.44. The van der Waals surface area contributed by atoms with Crippen LogP contribution in [0.3, 0.4) is 0 Å². The summed E-state index contributed by atoms with van der Waals surface area (Å²) in [6.45, 7) is 5.43. The van der Waals surface area contributed by atoms with Crippen LogP contribution in [0.2, 0.25) is 0 Å². The fourth-order valence-corrected chi connectivity index (χ4v) is 2.29. The average molecular weight is 344 g/mol. The van der Waals surface area contributed by atoms with E-state index in [9.17, 15) is 4.79 Å². The molecule has 0 radical (unpaired) electrons. The van der Waals surface area contributed by atoms with Crippen LogP contribution in [0, 0.1) is 25.2 Å². The van der Waals surface area contributed by atoms with Gasteiger partial charge < -0.3 is 4.74 Å². The molecule has 0 aromatic heterocycles. The van der Waals surface area contributed by atoms with Crippen molar-refractivity contribution >= 4 is 21.7 Å². The van der Waals surface area contributed by atoms with Gasteiger partial charge in [-0.1, -0.05) is 15.9 Å². The monoisotopic (exact) mass is 343 g/mol. The van der Waals surface area contributed by atoms with Gasteiger partial charge in [-0.05, 0) is 62.2 Å². The Morgan fingerprint density at radius 3 is 2.33 bits per heavy atom. The van der Waals surface area contributed by atoms with Crippen LogP contribution in [0.25, 0.3) is 0 Å². The summed E-state index contributed by atoms with van der Waals surface area (Å²) in [4.78, 5) is 11.7. The molecule has 0 fully saturated rings. The minimum Gasteiger partial charge on any atom is -0.457 e. The van der Waals surface area contributed by atoms with Crippen molar-refractivity contribution in [1.29, 1.82) is 5.26 Å². The second-order valence-electron chi connectivity index (χ2n) is 4.85. The number of rotatable bonds is 3. The predicted octanol–water partition coefficient (Wildman–Crippen LogP) is 4.93. The molecule has 0 spiro atoms. The van der Waals surface area contributed by atoms with E-state index in [0.717, 1.165) is 15.6 Å². The van der Waals surface area contributed by atoms with E-state index in [1.807, 2.05) is 26.0 Å². The number of carbonyl (C=O) groups is 1. The van der Waals surface area contributed by atoms with Crippen LogP contribution >= 0.6 is 15.9 Å². The van der Waals surface area contributed by atoms with E-state index in [2.05, 4.69) is 22.0 Å². The van der Waals surface area contributed by atoms with Crippen molar-refractivity contribution in [2.45, 2.75) is 20.8 Å². The molecule has 0 saturated heterocycles. The molecule has 21 heavy (non-hydrogen) atoms. The third kappa shape index (κ3) is 3.32. The number of aryl methyl sites for hydroxylation is 2. The summed E-state index contributed by atoms with van der Waals surface area (Å²) in [5.74, 6) is 0.952. The van der Waals surface area contributed by atoms with Gasteiger partial charge in [0.15, 0.2) is 5.78 Å². The van der Waals surface area contributed by atoms with E-state index in [0.29, 0.717) is 22.6 Å². The molecule has 2 aromatic carbocycles. The summed E-state index contributed by atoms with van der Waals surface area (Å²) in [5, 5.41) is 8.99. The average Bonchev–Trinajstić information content (AvgIpc) is 2.44. The van der Waals surface area contributed by atoms with E-state index in [4.69, 9.17) is 10.00 Å². The number of Topliss-reactive ketones (excluding diaryl/α,β-unsaturated/α-hetero) is 1. The highest BCUT2D eigenvalue weighted by Gasteiger charge is 2.12. The minimum atomic E-state index is -0.0972. The molecule has 0 aliphatic heterocycles. The topological polar surface area (TPSA) is 50.1 Å². The molecule has 0 aliphatic rings. The first kappa shape index (κ1) is 15.3. The van der Waals surface area contributed by atoms with Crippen molar-refractivity contribution in [3.05, 3.63) is 57.1 Å². The normalized spacial score (nSPS) is 10.0. The van der Waals surface area contributed by atoms with E-state index < -0.39 is 0 Å². The Labute approximate surface area is 132 Å². The number of nitrogens with zero attached hydrogens (tertiary/aromatic N) is 1. The van der Waals surface area contributed by atoms with E-state index in [-0.39, 0.29) is 5.78 Å². The number of ether oxygens (including phenoxy) is 1. The van der Waals surface area contributed by atoms with Gasteiger partial charge in [0, 0.05) is 4.47 Å². The Bertz CT molecular complexity index is 737. The SMILES string of the molecule is CC(=O)c1ccc(C#N)cc1Oc1cc(C)c(Br)c(C)c1. The van der Waals surface area contributed by atoms with Crippen LogP contribution in [0.4, 0.5) is 0 Å². The van der Waals surface area contributed by atoms with Crippen molar-refractivity contribution in [1.82, 2.24) is 0 Å².